The molecule has 3 aromatic rings. The van der Waals surface area contributed by atoms with Gasteiger partial charge in [-0.15, -0.1) is 0 Å². The van der Waals surface area contributed by atoms with Crippen LogP contribution in [0.2, 0.25) is 0 Å². The number of amides is 2. The Bertz CT molecular complexity index is 1140. The molecule has 2 N–H and O–H groups in total. The van der Waals surface area contributed by atoms with Crippen molar-refractivity contribution in [2.75, 3.05) is 31.6 Å². The zero-order chi connectivity index (χ0) is 23.8. The average Bonchev–Trinajstić information content (AvgIpc) is 2.89. The third-order valence-corrected chi connectivity index (χ3v) is 5.65. The Labute approximate surface area is 199 Å². The Morgan fingerprint density at radius 3 is 2.12 bits per heavy atom. The SMILES string of the molecule is C/C(=N/NC(=O)c1ccc(CN2CCOCC2)cc1)c1ccc(NC(=O)c2ccccc2)cc1. The lowest BCUT2D eigenvalue weighted by atomic mass is 10.1. The van der Waals surface area contributed by atoms with Gasteiger partial charge in [-0.25, -0.2) is 5.43 Å². The highest BCUT2D eigenvalue weighted by molar-refractivity contribution is 6.05. The molecule has 0 aliphatic carbocycles. The first-order chi connectivity index (χ1) is 16.6. The molecule has 174 valence electrons. The number of carbonyl (C=O) groups excluding carboxylic acids is 2. The Hall–Kier alpha value is -3.81. The second kappa shape index (κ2) is 11.4. The molecule has 1 aliphatic rings. The van der Waals surface area contributed by atoms with Crippen LogP contribution < -0.4 is 10.7 Å². The predicted molar refractivity (Wildman–Crippen MR) is 133 cm³/mol. The van der Waals surface area contributed by atoms with Crippen molar-refractivity contribution in [1.82, 2.24) is 10.3 Å². The maximum atomic E-state index is 12.5. The first kappa shape index (κ1) is 23.4. The maximum Gasteiger partial charge on any atom is 0.271 e. The summed E-state index contributed by atoms with van der Waals surface area (Å²) in [6, 6.07) is 24.0. The van der Waals surface area contributed by atoms with Gasteiger partial charge in [-0.05, 0) is 54.4 Å². The van der Waals surface area contributed by atoms with E-state index in [2.05, 4.69) is 20.7 Å². The number of carbonyl (C=O) groups is 2. The highest BCUT2D eigenvalue weighted by Crippen LogP contribution is 2.13. The van der Waals surface area contributed by atoms with Crippen LogP contribution in [0.4, 0.5) is 5.69 Å². The topological polar surface area (TPSA) is 83.0 Å². The van der Waals surface area contributed by atoms with Crippen molar-refractivity contribution in [3.63, 3.8) is 0 Å². The first-order valence-corrected chi connectivity index (χ1v) is 11.3. The van der Waals surface area contributed by atoms with E-state index >= 15 is 0 Å². The van der Waals surface area contributed by atoms with Crippen molar-refractivity contribution < 1.29 is 14.3 Å². The summed E-state index contributed by atoms with van der Waals surface area (Å²) in [7, 11) is 0. The molecule has 7 nitrogen and oxygen atoms in total. The Morgan fingerprint density at radius 1 is 0.824 bits per heavy atom. The van der Waals surface area contributed by atoms with Gasteiger partial charge in [0, 0.05) is 36.4 Å². The number of hydrazone groups is 1. The molecule has 0 atom stereocenters. The van der Waals surface area contributed by atoms with Crippen LogP contribution in [0.5, 0.6) is 0 Å². The van der Waals surface area contributed by atoms with E-state index in [1.165, 1.54) is 0 Å². The van der Waals surface area contributed by atoms with E-state index < -0.39 is 0 Å². The monoisotopic (exact) mass is 456 g/mol. The van der Waals surface area contributed by atoms with Crippen LogP contribution in [0.3, 0.4) is 0 Å². The van der Waals surface area contributed by atoms with E-state index in [-0.39, 0.29) is 11.8 Å². The second-order valence-electron chi connectivity index (χ2n) is 8.12. The number of ether oxygens (including phenoxy) is 1. The molecule has 7 heteroatoms. The molecule has 34 heavy (non-hydrogen) atoms. The number of rotatable bonds is 7. The molecule has 1 heterocycles. The van der Waals surface area contributed by atoms with E-state index in [9.17, 15) is 9.59 Å². The Morgan fingerprint density at radius 2 is 1.44 bits per heavy atom. The fourth-order valence-corrected chi connectivity index (χ4v) is 3.63. The van der Waals surface area contributed by atoms with Crippen LogP contribution >= 0.6 is 0 Å². The van der Waals surface area contributed by atoms with Gasteiger partial charge in [-0.1, -0.05) is 42.5 Å². The second-order valence-corrected chi connectivity index (χ2v) is 8.12. The lowest BCUT2D eigenvalue weighted by Crippen LogP contribution is -2.35. The molecule has 3 aromatic carbocycles. The summed E-state index contributed by atoms with van der Waals surface area (Å²) in [5.74, 6) is -0.425. The van der Waals surface area contributed by atoms with Gasteiger partial charge in [-0.3, -0.25) is 14.5 Å². The van der Waals surface area contributed by atoms with E-state index in [1.807, 2.05) is 73.7 Å². The zero-order valence-corrected chi connectivity index (χ0v) is 19.2. The summed E-state index contributed by atoms with van der Waals surface area (Å²) in [6.07, 6.45) is 0. The highest BCUT2D eigenvalue weighted by atomic mass is 16.5. The molecule has 2 amide bonds. The van der Waals surface area contributed by atoms with Gasteiger partial charge in [0.05, 0.1) is 18.9 Å². The molecule has 0 radical (unpaired) electrons. The molecule has 1 fully saturated rings. The van der Waals surface area contributed by atoms with Crippen LogP contribution in [0, 0.1) is 0 Å². The molecule has 4 rings (SSSR count). The van der Waals surface area contributed by atoms with Crippen molar-refractivity contribution in [2.24, 2.45) is 5.10 Å². The molecule has 0 saturated carbocycles. The van der Waals surface area contributed by atoms with Gasteiger partial charge in [0.1, 0.15) is 0 Å². The normalized spacial score (nSPS) is 14.4. The molecular formula is C27H28N4O3. The third-order valence-electron chi connectivity index (χ3n) is 5.65. The predicted octanol–water partition coefficient (Wildman–Crippen LogP) is 3.93. The van der Waals surface area contributed by atoms with Crippen LogP contribution in [0.1, 0.15) is 38.8 Å². The standard InChI is InChI=1S/C27H28N4O3/c1-20(22-11-13-25(14-12-22)28-26(32)23-5-3-2-4-6-23)29-30-27(33)24-9-7-21(8-10-24)19-31-15-17-34-18-16-31/h2-14H,15-19H2,1H3,(H,28,32)(H,30,33)/b29-20-. The van der Waals surface area contributed by atoms with Gasteiger partial charge < -0.3 is 10.1 Å². The summed E-state index contributed by atoms with van der Waals surface area (Å²) in [4.78, 5) is 27.1. The lowest BCUT2D eigenvalue weighted by molar-refractivity contribution is 0.0342. The number of hydrogen-bond acceptors (Lipinski definition) is 5. The summed E-state index contributed by atoms with van der Waals surface area (Å²) in [5, 5.41) is 7.10. The molecule has 0 aromatic heterocycles. The largest absolute Gasteiger partial charge is 0.379 e. The molecule has 1 aliphatic heterocycles. The molecule has 1 saturated heterocycles. The van der Waals surface area contributed by atoms with Gasteiger partial charge in [-0.2, -0.15) is 5.10 Å². The van der Waals surface area contributed by atoms with Gasteiger partial charge in [0.15, 0.2) is 0 Å². The number of hydrogen-bond donors (Lipinski definition) is 2. The van der Waals surface area contributed by atoms with E-state index in [1.54, 1.807) is 12.1 Å². The van der Waals surface area contributed by atoms with Crippen molar-refractivity contribution in [1.29, 1.82) is 0 Å². The zero-order valence-electron chi connectivity index (χ0n) is 19.2. The van der Waals surface area contributed by atoms with Crippen LogP contribution in [0.25, 0.3) is 0 Å². The first-order valence-electron chi connectivity index (χ1n) is 11.3. The lowest BCUT2D eigenvalue weighted by Gasteiger charge is -2.26. The quantitative estimate of drug-likeness (QED) is 0.417. The number of nitrogens with zero attached hydrogens (tertiary/aromatic N) is 2. The van der Waals surface area contributed by atoms with Crippen LogP contribution in [-0.2, 0) is 11.3 Å². The molecule has 0 unspecified atom stereocenters. The minimum atomic E-state index is -0.260. The summed E-state index contributed by atoms with van der Waals surface area (Å²) in [6.45, 7) is 6.06. The number of benzene rings is 3. The fraction of sp³-hybridized carbons (Fsp3) is 0.222. The number of nitrogens with one attached hydrogen (secondary N) is 2. The number of anilines is 1. The van der Waals surface area contributed by atoms with E-state index in [4.69, 9.17) is 4.74 Å². The Balaban J connectivity index is 1.30. The van der Waals surface area contributed by atoms with E-state index in [0.29, 0.717) is 22.5 Å². The van der Waals surface area contributed by atoms with Crippen molar-refractivity contribution in [3.8, 4) is 0 Å². The maximum absolute atomic E-state index is 12.5. The Kier molecular flexibility index (Phi) is 7.80. The van der Waals surface area contributed by atoms with Crippen molar-refractivity contribution in [3.05, 3.63) is 101 Å². The number of morpholine rings is 1. The minimum absolute atomic E-state index is 0.165. The van der Waals surface area contributed by atoms with Gasteiger partial charge >= 0.3 is 0 Å². The summed E-state index contributed by atoms with van der Waals surface area (Å²) in [5.41, 5.74) is 7.14. The van der Waals surface area contributed by atoms with Crippen LogP contribution in [-0.4, -0.2) is 48.7 Å². The molecule has 0 bridgehead atoms. The van der Waals surface area contributed by atoms with Gasteiger partial charge in [0.25, 0.3) is 11.8 Å². The molecular weight excluding hydrogens is 428 g/mol. The fourth-order valence-electron chi connectivity index (χ4n) is 3.63. The summed E-state index contributed by atoms with van der Waals surface area (Å²) < 4.78 is 5.38. The van der Waals surface area contributed by atoms with Crippen molar-refractivity contribution >= 4 is 23.2 Å². The van der Waals surface area contributed by atoms with E-state index in [0.717, 1.165) is 44.0 Å². The smallest absolute Gasteiger partial charge is 0.271 e. The van der Waals surface area contributed by atoms with Gasteiger partial charge in [0.2, 0.25) is 0 Å². The minimum Gasteiger partial charge on any atom is -0.379 e. The third kappa shape index (κ3) is 6.37. The average molecular weight is 457 g/mol. The van der Waals surface area contributed by atoms with Crippen molar-refractivity contribution in [2.45, 2.75) is 13.5 Å². The molecule has 0 spiro atoms. The highest BCUT2D eigenvalue weighted by Gasteiger charge is 2.11. The summed E-state index contributed by atoms with van der Waals surface area (Å²) >= 11 is 0. The van der Waals surface area contributed by atoms with Crippen LogP contribution in [0.15, 0.2) is 84.0 Å².